The number of hydrogen-bond acceptors (Lipinski definition) is 5. The lowest BCUT2D eigenvalue weighted by molar-refractivity contribution is -0.137. The first-order valence-corrected chi connectivity index (χ1v) is 9.47. The molecule has 3 rings (SSSR count). The van der Waals surface area contributed by atoms with Crippen molar-refractivity contribution in [2.75, 3.05) is 11.5 Å². The number of ether oxygens (including phenoxy) is 1. The summed E-state index contributed by atoms with van der Waals surface area (Å²) < 4.78 is 5.52. The molecule has 144 valence electrons. The maximum atomic E-state index is 12.8. The third kappa shape index (κ3) is 4.26. The fourth-order valence-corrected chi connectivity index (χ4v) is 3.51. The van der Waals surface area contributed by atoms with E-state index in [2.05, 4.69) is 0 Å². The van der Waals surface area contributed by atoms with Crippen LogP contribution in [0.3, 0.4) is 0 Å². The monoisotopic (exact) mass is 397 g/mol. The van der Waals surface area contributed by atoms with Gasteiger partial charge in [-0.25, -0.2) is 4.90 Å². The molecule has 0 atom stereocenters. The first-order chi connectivity index (χ1) is 13.4. The lowest BCUT2D eigenvalue weighted by Gasteiger charge is -2.14. The highest BCUT2D eigenvalue weighted by molar-refractivity contribution is 8.19. The lowest BCUT2D eigenvalue weighted by Crippen LogP contribution is -2.27. The normalized spacial score (nSPS) is 15.4. The Balaban J connectivity index is 1.86. The van der Waals surface area contributed by atoms with Crippen LogP contribution in [0, 0.1) is 13.8 Å². The van der Waals surface area contributed by atoms with E-state index in [0.717, 1.165) is 27.8 Å². The van der Waals surface area contributed by atoms with Crippen LogP contribution in [0.1, 0.15) is 23.1 Å². The van der Waals surface area contributed by atoms with Crippen LogP contribution in [-0.4, -0.2) is 28.8 Å². The lowest BCUT2D eigenvalue weighted by atomic mass is 10.1. The molecule has 0 saturated carbocycles. The number of rotatable bonds is 6. The minimum atomic E-state index is -0.952. The first kappa shape index (κ1) is 19.7. The number of benzene rings is 2. The van der Waals surface area contributed by atoms with Crippen molar-refractivity contribution >= 4 is 40.6 Å². The van der Waals surface area contributed by atoms with Crippen LogP contribution in [0.15, 0.2) is 47.4 Å². The van der Waals surface area contributed by atoms with Crippen LogP contribution in [-0.2, 0) is 9.59 Å². The van der Waals surface area contributed by atoms with Crippen molar-refractivity contribution in [1.29, 1.82) is 0 Å². The quantitative estimate of drug-likeness (QED) is 0.728. The highest BCUT2D eigenvalue weighted by atomic mass is 32.2. The second-order valence-corrected chi connectivity index (χ2v) is 7.31. The largest absolute Gasteiger partial charge is 0.492 e. The average Bonchev–Trinajstić information content (AvgIpc) is 2.92. The van der Waals surface area contributed by atoms with Gasteiger partial charge in [0.2, 0.25) is 0 Å². The van der Waals surface area contributed by atoms with E-state index >= 15 is 0 Å². The van der Waals surface area contributed by atoms with E-state index in [4.69, 9.17) is 9.84 Å². The number of aliphatic carboxylic acids is 1. The molecule has 7 heteroatoms. The molecule has 2 aromatic rings. The second-order valence-electron chi connectivity index (χ2n) is 6.32. The van der Waals surface area contributed by atoms with Crippen molar-refractivity contribution < 1.29 is 24.2 Å². The Hall–Kier alpha value is -3.06. The standard InChI is InChI=1S/C21H19NO5S/c1-13-7-8-16(11-14(13)2)22-20(25)18(28-21(22)26)12-15-5-3-4-6-17(15)27-10-9-19(23)24/h3-8,11-12H,9-10H2,1-2H3,(H,23,24)/b18-12+. The van der Waals surface area contributed by atoms with Crippen molar-refractivity contribution in [1.82, 2.24) is 0 Å². The first-order valence-electron chi connectivity index (χ1n) is 8.65. The fourth-order valence-electron chi connectivity index (χ4n) is 2.68. The number of anilines is 1. The molecule has 1 fully saturated rings. The Bertz CT molecular complexity index is 983. The van der Waals surface area contributed by atoms with E-state index in [9.17, 15) is 14.4 Å². The number of imide groups is 1. The van der Waals surface area contributed by atoms with Crippen molar-refractivity contribution in [2.24, 2.45) is 0 Å². The van der Waals surface area contributed by atoms with Crippen LogP contribution in [0.2, 0.25) is 0 Å². The van der Waals surface area contributed by atoms with Crippen molar-refractivity contribution in [3.05, 3.63) is 64.1 Å². The van der Waals surface area contributed by atoms with Gasteiger partial charge in [0.25, 0.3) is 11.1 Å². The van der Waals surface area contributed by atoms with Gasteiger partial charge in [-0.05, 0) is 61.0 Å². The number of para-hydroxylation sites is 1. The van der Waals surface area contributed by atoms with Crippen LogP contribution < -0.4 is 9.64 Å². The van der Waals surface area contributed by atoms with Crippen LogP contribution in [0.25, 0.3) is 6.08 Å². The van der Waals surface area contributed by atoms with Crippen molar-refractivity contribution in [2.45, 2.75) is 20.3 Å². The van der Waals surface area contributed by atoms with E-state index < -0.39 is 11.9 Å². The molecular weight excluding hydrogens is 378 g/mol. The van der Waals surface area contributed by atoms with Gasteiger partial charge in [-0.3, -0.25) is 14.4 Å². The van der Waals surface area contributed by atoms with E-state index in [1.807, 2.05) is 26.0 Å². The molecule has 0 unspecified atom stereocenters. The number of carboxylic acids is 1. The molecule has 2 amide bonds. The van der Waals surface area contributed by atoms with Gasteiger partial charge < -0.3 is 9.84 Å². The zero-order valence-corrected chi connectivity index (χ0v) is 16.3. The van der Waals surface area contributed by atoms with Gasteiger partial charge in [0.1, 0.15) is 5.75 Å². The van der Waals surface area contributed by atoms with Crippen molar-refractivity contribution in [3.63, 3.8) is 0 Å². The summed E-state index contributed by atoms with van der Waals surface area (Å²) in [4.78, 5) is 37.4. The molecule has 0 spiro atoms. The van der Waals surface area contributed by atoms with Crippen molar-refractivity contribution in [3.8, 4) is 5.75 Å². The Kier molecular flexibility index (Phi) is 5.84. The van der Waals surface area contributed by atoms with Gasteiger partial charge in [0.05, 0.1) is 23.6 Å². The summed E-state index contributed by atoms with van der Waals surface area (Å²) in [5.74, 6) is -0.882. The number of carbonyl (C=O) groups excluding carboxylic acids is 2. The molecule has 0 radical (unpaired) electrons. The van der Waals surface area contributed by atoms with Gasteiger partial charge in [-0.2, -0.15) is 0 Å². The number of carbonyl (C=O) groups is 3. The zero-order chi connectivity index (χ0) is 20.3. The molecule has 1 aliphatic rings. The predicted molar refractivity (Wildman–Crippen MR) is 109 cm³/mol. The summed E-state index contributed by atoms with van der Waals surface area (Å²) in [6.45, 7) is 3.91. The number of thioether (sulfide) groups is 1. The summed E-state index contributed by atoms with van der Waals surface area (Å²) in [6.07, 6.45) is 1.47. The van der Waals surface area contributed by atoms with Crippen LogP contribution in [0.4, 0.5) is 10.5 Å². The molecular formula is C21H19NO5S. The highest BCUT2D eigenvalue weighted by Crippen LogP contribution is 2.37. The summed E-state index contributed by atoms with van der Waals surface area (Å²) >= 11 is 0.868. The molecule has 0 bridgehead atoms. The predicted octanol–water partition coefficient (Wildman–Crippen LogP) is 4.40. The zero-order valence-electron chi connectivity index (χ0n) is 15.5. The molecule has 1 N–H and O–H groups in total. The maximum absolute atomic E-state index is 12.8. The summed E-state index contributed by atoms with van der Waals surface area (Å²) in [6, 6.07) is 12.4. The van der Waals surface area contributed by atoms with Crippen LogP contribution in [0.5, 0.6) is 5.75 Å². The summed E-state index contributed by atoms with van der Waals surface area (Å²) in [5.41, 5.74) is 3.23. The molecule has 1 heterocycles. The highest BCUT2D eigenvalue weighted by Gasteiger charge is 2.36. The average molecular weight is 397 g/mol. The van der Waals surface area contributed by atoms with Gasteiger partial charge in [-0.1, -0.05) is 24.3 Å². The second kappa shape index (κ2) is 8.31. The van der Waals surface area contributed by atoms with Crippen LogP contribution >= 0.6 is 11.8 Å². The number of amides is 2. The molecule has 1 saturated heterocycles. The Morgan fingerprint density at radius 3 is 2.61 bits per heavy atom. The smallest absolute Gasteiger partial charge is 0.306 e. The third-order valence-electron chi connectivity index (χ3n) is 4.32. The molecule has 0 aromatic heterocycles. The Labute approximate surface area is 166 Å². The van der Waals surface area contributed by atoms with E-state index in [1.54, 1.807) is 36.4 Å². The Morgan fingerprint density at radius 2 is 1.89 bits per heavy atom. The molecule has 2 aromatic carbocycles. The van der Waals surface area contributed by atoms with E-state index in [0.29, 0.717) is 17.0 Å². The van der Waals surface area contributed by atoms with Gasteiger partial charge in [0, 0.05) is 5.56 Å². The third-order valence-corrected chi connectivity index (χ3v) is 5.19. The number of hydrogen-bond donors (Lipinski definition) is 1. The van der Waals surface area contributed by atoms with E-state index in [1.165, 1.54) is 0 Å². The molecule has 28 heavy (non-hydrogen) atoms. The number of carboxylic acid groups (broad SMARTS) is 1. The Morgan fingerprint density at radius 1 is 1.14 bits per heavy atom. The molecule has 6 nitrogen and oxygen atoms in total. The fraction of sp³-hybridized carbons (Fsp3) is 0.190. The molecule has 0 aliphatic carbocycles. The molecule has 1 aliphatic heterocycles. The number of aryl methyl sites for hydroxylation is 2. The summed E-state index contributed by atoms with van der Waals surface area (Å²) in [5, 5.41) is 8.39. The van der Waals surface area contributed by atoms with Gasteiger partial charge >= 0.3 is 5.97 Å². The van der Waals surface area contributed by atoms with E-state index in [-0.39, 0.29) is 23.2 Å². The SMILES string of the molecule is Cc1ccc(N2C(=O)S/C(=C/c3ccccc3OCCC(=O)O)C2=O)cc1C. The summed E-state index contributed by atoms with van der Waals surface area (Å²) in [7, 11) is 0. The number of nitrogens with zero attached hydrogens (tertiary/aromatic N) is 1. The van der Waals surface area contributed by atoms with Gasteiger partial charge in [0.15, 0.2) is 0 Å². The topological polar surface area (TPSA) is 83.9 Å². The maximum Gasteiger partial charge on any atom is 0.306 e. The minimum Gasteiger partial charge on any atom is -0.492 e. The van der Waals surface area contributed by atoms with Gasteiger partial charge in [-0.15, -0.1) is 0 Å². The minimum absolute atomic E-state index is 0.0182.